The molecule has 0 fully saturated rings. The summed E-state index contributed by atoms with van der Waals surface area (Å²) in [5.74, 6) is -0.0822. The van der Waals surface area contributed by atoms with E-state index in [2.05, 4.69) is 4.98 Å². The number of hydrogen-bond donors (Lipinski definition) is 0. The molecule has 0 N–H and O–H groups in total. The first-order valence-corrected chi connectivity index (χ1v) is 8.68. The van der Waals surface area contributed by atoms with Gasteiger partial charge in [-0.1, -0.05) is 60.7 Å². The molecule has 0 aliphatic rings. The van der Waals surface area contributed by atoms with E-state index in [1.165, 1.54) is 18.2 Å². The zero-order chi connectivity index (χ0) is 18.6. The average Bonchev–Trinajstić information content (AvgIpc) is 3.07. The number of allylic oxidation sites excluding steroid dienone is 1. The Morgan fingerprint density at radius 1 is 0.926 bits per heavy atom. The molecule has 1 aromatic heterocycles. The van der Waals surface area contributed by atoms with Crippen LogP contribution in [0.1, 0.15) is 21.7 Å². The summed E-state index contributed by atoms with van der Waals surface area (Å²) in [6.45, 7) is 0.445. The molecular formula is C23H17FN2O. The van der Waals surface area contributed by atoms with Gasteiger partial charge in [0.25, 0.3) is 0 Å². The van der Waals surface area contributed by atoms with Crippen molar-refractivity contribution < 1.29 is 9.18 Å². The van der Waals surface area contributed by atoms with Crippen LogP contribution in [0.4, 0.5) is 4.39 Å². The van der Waals surface area contributed by atoms with Gasteiger partial charge in [0.05, 0.1) is 11.0 Å². The van der Waals surface area contributed by atoms with Crippen molar-refractivity contribution in [3.05, 3.63) is 108 Å². The molecule has 0 atom stereocenters. The molecule has 27 heavy (non-hydrogen) atoms. The van der Waals surface area contributed by atoms with Crippen LogP contribution in [0.2, 0.25) is 0 Å². The lowest BCUT2D eigenvalue weighted by Gasteiger charge is -2.08. The van der Waals surface area contributed by atoms with Gasteiger partial charge in [0.15, 0.2) is 5.82 Å². The zero-order valence-electron chi connectivity index (χ0n) is 14.5. The minimum absolute atomic E-state index is 0.169. The summed E-state index contributed by atoms with van der Waals surface area (Å²) in [5.41, 5.74) is 3.49. The summed E-state index contributed by atoms with van der Waals surface area (Å²) in [7, 11) is 0. The van der Waals surface area contributed by atoms with E-state index in [1.54, 1.807) is 18.2 Å². The number of para-hydroxylation sites is 2. The van der Waals surface area contributed by atoms with Crippen LogP contribution in [0.5, 0.6) is 0 Å². The second kappa shape index (κ2) is 7.38. The van der Waals surface area contributed by atoms with Crippen LogP contribution >= 0.6 is 0 Å². The number of hydrogen-bond acceptors (Lipinski definition) is 2. The van der Waals surface area contributed by atoms with Gasteiger partial charge in [0.2, 0.25) is 5.78 Å². The number of fused-ring (bicyclic) bond motifs is 1. The second-order valence-electron chi connectivity index (χ2n) is 6.25. The summed E-state index contributed by atoms with van der Waals surface area (Å²) < 4.78 is 15.1. The first kappa shape index (κ1) is 16.9. The van der Waals surface area contributed by atoms with E-state index in [1.807, 2.05) is 59.2 Å². The number of aromatic nitrogens is 2. The topological polar surface area (TPSA) is 34.9 Å². The average molecular weight is 356 g/mol. The van der Waals surface area contributed by atoms with Gasteiger partial charge in [-0.25, -0.2) is 9.37 Å². The third-order valence-electron chi connectivity index (χ3n) is 4.36. The Labute approximate surface area is 156 Å². The van der Waals surface area contributed by atoms with E-state index in [4.69, 9.17) is 0 Å². The number of carbonyl (C=O) groups is 1. The van der Waals surface area contributed by atoms with Crippen LogP contribution < -0.4 is 0 Å². The highest BCUT2D eigenvalue weighted by Crippen LogP contribution is 2.19. The number of halogens is 1. The summed E-state index contributed by atoms with van der Waals surface area (Å²) in [6, 6.07) is 23.6. The number of nitrogens with zero attached hydrogens (tertiary/aromatic N) is 2. The van der Waals surface area contributed by atoms with Gasteiger partial charge < -0.3 is 4.57 Å². The number of rotatable bonds is 5. The van der Waals surface area contributed by atoms with Gasteiger partial charge in [-0.15, -0.1) is 0 Å². The highest BCUT2D eigenvalue weighted by molar-refractivity contribution is 6.06. The van der Waals surface area contributed by atoms with Crippen molar-refractivity contribution in [2.75, 3.05) is 0 Å². The van der Waals surface area contributed by atoms with Gasteiger partial charge in [-0.3, -0.25) is 4.79 Å². The smallest absolute Gasteiger partial charge is 0.221 e. The van der Waals surface area contributed by atoms with E-state index < -0.39 is 0 Å². The number of benzene rings is 3. The molecule has 0 spiro atoms. The van der Waals surface area contributed by atoms with Crippen LogP contribution in [0.3, 0.4) is 0 Å². The molecule has 132 valence electrons. The first-order chi connectivity index (χ1) is 13.2. The third kappa shape index (κ3) is 3.70. The van der Waals surface area contributed by atoms with E-state index in [9.17, 15) is 9.18 Å². The molecular weight excluding hydrogens is 339 g/mol. The summed E-state index contributed by atoms with van der Waals surface area (Å²) >= 11 is 0. The van der Waals surface area contributed by atoms with Gasteiger partial charge in [0, 0.05) is 6.54 Å². The molecule has 0 amide bonds. The Kier molecular flexibility index (Phi) is 4.62. The molecule has 3 aromatic carbocycles. The van der Waals surface area contributed by atoms with E-state index in [0.717, 1.165) is 22.2 Å². The lowest BCUT2D eigenvalue weighted by molar-refractivity contribution is 0.103. The summed E-state index contributed by atoms with van der Waals surface area (Å²) in [5, 5.41) is 0. The molecule has 4 aromatic rings. The van der Waals surface area contributed by atoms with Crippen molar-refractivity contribution in [2.24, 2.45) is 0 Å². The standard InChI is InChI=1S/C23H17FN2O/c24-19-13-10-18(11-14-19)16-26-21-9-5-4-8-20(21)25-23(26)22(27)15-12-17-6-2-1-3-7-17/h1-15H,16H2/b15-12+. The number of imidazole rings is 1. The van der Waals surface area contributed by atoms with E-state index in [-0.39, 0.29) is 11.6 Å². The Morgan fingerprint density at radius 3 is 2.41 bits per heavy atom. The van der Waals surface area contributed by atoms with Crippen LogP contribution in [-0.4, -0.2) is 15.3 Å². The fourth-order valence-corrected chi connectivity index (χ4v) is 3.01. The first-order valence-electron chi connectivity index (χ1n) is 8.68. The fraction of sp³-hybridized carbons (Fsp3) is 0.0435. The Balaban J connectivity index is 1.72. The van der Waals surface area contributed by atoms with Crippen LogP contribution in [-0.2, 0) is 6.54 Å². The normalized spacial score (nSPS) is 11.3. The highest BCUT2D eigenvalue weighted by Gasteiger charge is 2.15. The molecule has 0 bridgehead atoms. The van der Waals surface area contributed by atoms with Crippen LogP contribution in [0.15, 0.2) is 84.9 Å². The molecule has 0 saturated heterocycles. The van der Waals surface area contributed by atoms with E-state index in [0.29, 0.717) is 12.4 Å². The Morgan fingerprint density at radius 2 is 1.63 bits per heavy atom. The van der Waals surface area contributed by atoms with Crippen molar-refractivity contribution >= 4 is 22.9 Å². The predicted molar refractivity (Wildman–Crippen MR) is 105 cm³/mol. The van der Waals surface area contributed by atoms with Crippen molar-refractivity contribution in [3.63, 3.8) is 0 Å². The van der Waals surface area contributed by atoms with Gasteiger partial charge in [-0.2, -0.15) is 0 Å². The molecule has 0 unspecified atom stereocenters. The van der Waals surface area contributed by atoms with Gasteiger partial charge in [0.1, 0.15) is 5.82 Å². The predicted octanol–water partition coefficient (Wildman–Crippen LogP) is 5.12. The SMILES string of the molecule is O=C(/C=C/c1ccccc1)c1nc2ccccc2n1Cc1ccc(F)cc1. The van der Waals surface area contributed by atoms with Crippen molar-refractivity contribution in [1.82, 2.24) is 9.55 Å². The lowest BCUT2D eigenvalue weighted by atomic mass is 10.2. The van der Waals surface area contributed by atoms with Gasteiger partial charge >= 0.3 is 0 Å². The van der Waals surface area contributed by atoms with Crippen molar-refractivity contribution in [1.29, 1.82) is 0 Å². The minimum atomic E-state index is -0.281. The van der Waals surface area contributed by atoms with Crippen molar-refractivity contribution in [3.8, 4) is 0 Å². The molecule has 0 aliphatic carbocycles. The number of ketones is 1. The molecule has 0 radical (unpaired) electrons. The zero-order valence-corrected chi connectivity index (χ0v) is 14.5. The summed E-state index contributed by atoms with van der Waals surface area (Å²) in [6.07, 6.45) is 3.32. The largest absolute Gasteiger partial charge is 0.317 e. The molecule has 1 heterocycles. The highest BCUT2D eigenvalue weighted by atomic mass is 19.1. The van der Waals surface area contributed by atoms with Crippen LogP contribution in [0.25, 0.3) is 17.1 Å². The van der Waals surface area contributed by atoms with E-state index >= 15 is 0 Å². The molecule has 0 saturated carbocycles. The lowest BCUT2D eigenvalue weighted by Crippen LogP contribution is -2.09. The summed E-state index contributed by atoms with van der Waals surface area (Å²) in [4.78, 5) is 17.3. The molecule has 0 aliphatic heterocycles. The Hall–Kier alpha value is -3.53. The second-order valence-corrected chi connectivity index (χ2v) is 6.25. The molecule has 4 heteroatoms. The number of carbonyl (C=O) groups excluding carboxylic acids is 1. The maximum Gasteiger partial charge on any atom is 0.221 e. The molecule has 4 rings (SSSR count). The maximum atomic E-state index is 13.2. The monoisotopic (exact) mass is 356 g/mol. The van der Waals surface area contributed by atoms with Gasteiger partial charge in [-0.05, 0) is 41.5 Å². The van der Waals surface area contributed by atoms with Crippen LogP contribution in [0, 0.1) is 5.82 Å². The fourth-order valence-electron chi connectivity index (χ4n) is 3.01. The molecule has 3 nitrogen and oxygen atoms in total. The third-order valence-corrected chi connectivity index (χ3v) is 4.36. The maximum absolute atomic E-state index is 13.2. The quantitative estimate of drug-likeness (QED) is 0.367. The van der Waals surface area contributed by atoms with Crippen molar-refractivity contribution in [2.45, 2.75) is 6.54 Å². The Bertz CT molecular complexity index is 1110. The minimum Gasteiger partial charge on any atom is -0.317 e.